The van der Waals surface area contributed by atoms with Crippen molar-refractivity contribution >= 4 is 70.5 Å². The molecule has 222 valence electrons. The van der Waals surface area contributed by atoms with Crippen molar-refractivity contribution in [1.29, 1.82) is 0 Å². The zero-order valence-corrected chi connectivity index (χ0v) is 26.1. The molecule has 4 heteroatoms. The number of anilines is 3. The average molecular weight is 622 g/mol. The molecule has 0 N–H and O–H groups in total. The Morgan fingerprint density at radius 1 is 0.426 bits per heavy atom. The average Bonchev–Trinajstić information content (AvgIpc) is 3.49. The first-order valence-corrected chi connectivity index (χ1v) is 16.4. The van der Waals surface area contributed by atoms with Gasteiger partial charge in [-0.2, -0.15) is 0 Å². The van der Waals surface area contributed by atoms with Crippen LogP contribution in [0, 0.1) is 0 Å². The fourth-order valence-electron chi connectivity index (χ4n) is 6.61. The highest BCUT2D eigenvalue weighted by molar-refractivity contribution is 7.25. The lowest BCUT2D eigenvalue weighted by Gasteiger charge is -2.25. The minimum atomic E-state index is -0.0163. The molecule has 0 unspecified atom stereocenters. The molecule has 0 aliphatic rings. The van der Waals surface area contributed by atoms with Crippen LogP contribution in [0.2, 0.25) is 0 Å². The predicted octanol–water partition coefficient (Wildman–Crippen LogP) is 12.1. The number of thiophene rings is 1. The van der Waals surface area contributed by atoms with E-state index in [1.54, 1.807) is 11.3 Å². The van der Waals surface area contributed by atoms with Gasteiger partial charge in [0, 0.05) is 37.2 Å². The van der Waals surface area contributed by atoms with E-state index in [0.29, 0.717) is 21.9 Å². The number of hydrogen-bond donors (Lipinski definition) is 0. The lowest BCUT2D eigenvalue weighted by molar-refractivity contribution is 0.661. The maximum absolute atomic E-state index is 14.2. The van der Waals surface area contributed by atoms with Gasteiger partial charge in [-0.15, -0.1) is 11.3 Å². The topological polar surface area (TPSA) is 33.5 Å². The van der Waals surface area contributed by atoms with Crippen molar-refractivity contribution in [3.05, 3.63) is 174 Å². The summed E-state index contributed by atoms with van der Waals surface area (Å²) in [4.78, 5) is 16.4. The van der Waals surface area contributed by atoms with Gasteiger partial charge < -0.3 is 9.32 Å². The molecule has 7 aromatic carbocycles. The van der Waals surface area contributed by atoms with Crippen LogP contribution in [0.3, 0.4) is 0 Å². The SMILES string of the molecule is O=c1c2cc(-c3ccccc3)c(-c3ccccc3)cc2oc2cc3c(cc12)sc1cc(N(c2ccccc2)c2ccccc2)ccc13. The minimum absolute atomic E-state index is 0.0163. The lowest BCUT2D eigenvalue weighted by Crippen LogP contribution is -2.09. The zero-order chi connectivity index (χ0) is 31.3. The van der Waals surface area contributed by atoms with E-state index in [1.165, 1.54) is 0 Å². The second-order valence-electron chi connectivity index (χ2n) is 11.7. The fraction of sp³-hybridized carbons (Fsp3) is 0. The number of benzene rings is 7. The molecular formula is C43H27NO2S. The van der Waals surface area contributed by atoms with Crippen LogP contribution in [0.25, 0.3) is 64.4 Å². The Morgan fingerprint density at radius 2 is 0.936 bits per heavy atom. The van der Waals surface area contributed by atoms with Crippen molar-refractivity contribution in [3.63, 3.8) is 0 Å². The third kappa shape index (κ3) is 4.70. The molecular weight excluding hydrogens is 595 g/mol. The molecule has 0 spiro atoms. The molecule has 9 aromatic rings. The first-order valence-electron chi connectivity index (χ1n) is 15.6. The summed E-state index contributed by atoms with van der Waals surface area (Å²) in [6.45, 7) is 0. The van der Waals surface area contributed by atoms with Crippen molar-refractivity contribution in [2.45, 2.75) is 0 Å². The Kier molecular flexibility index (Phi) is 6.47. The highest BCUT2D eigenvalue weighted by Gasteiger charge is 2.18. The summed E-state index contributed by atoms with van der Waals surface area (Å²) in [5.41, 5.74) is 8.60. The summed E-state index contributed by atoms with van der Waals surface area (Å²) in [6, 6.07) is 56.0. The summed E-state index contributed by atoms with van der Waals surface area (Å²) in [7, 11) is 0. The van der Waals surface area contributed by atoms with Gasteiger partial charge in [-0.3, -0.25) is 4.79 Å². The molecule has 0 radical (unpaired) electrons. The van der Waals surface area contributed by atoms with E-state index in [4.69, 9.17) is 4.42 Å². The van der Waals surface area contributed by atoms with Gasteiger partial charge in [-0.25, -0.2) is 0 Å². The van der Waals surface area contributed by atoms with E-state index in [0.717, 1.165) is 59.5 Å². The highest BCUT2D eigenvalue weighted by atomic mass is 32.1. The highest BCUT2D eigenvalue weighted by Crippen LogP contribution is 2.42. The molecule has 0 atom stereocenters. The number of para-hydroxylation sites is 2. The van der Waals surface area contributed by atoms with Crippen molar-refractivity contribution in [2.24, 2.45) is 0 Å². The van der Waals surface area contributed by atoms with Crippen molar-refractivity contribution in [3.8, 4) is 22.3 Å². The predicted molar refractivity (Wildman–Crippen MR) is 198 cm³/mol. The van der Waals surface area contributed by atoms with Crippen molar-refractivity contribution < 1.29 is 4.42 Å². The number of rotatable bonds is 5. The van der Waals surface area contributed by atoms with Crippen LogP contribution < -0.4 is 10.3 Å². The molecule has 0 amide bonds. The van der Waals surface area contributed by atoms with Crippen molar-refractivity contribution in [1.82, 2.24) is 0 Å². The molecule has 0 saturated carbocycles. The van der Waals surface area contributed by atoms with Crippen LogP contribution in [0.4, 0.5) is 17.1 Å². The van der Waals surface area contributed by atoms with Gasteiger partial charge in [-0.1, -0.05) is 103 Å². The molecule has 47 heavy (non-hydrogen) atoms. The second-order valence-corrected chi connectivity index (χ2v) is 12.8. The van der Waals surface area contributed by atoms with Crippen LogP contribution in [0.5, 0.6) is 0 Å². The normalized spacial score (nSPS) is 11.5. The largest absolute Gasteiger partial charge is 0.456 e. The van der Waals surface area contributed by atoms with Crippen LogP contribution in [0.1, 0.15) is 0 Å². The number of fused-ring (bicyclic) bond motifs is 5. The van der Waals surface area contributed by atoms with E-state index < -0.39 is 0 Å². The molecule has 0 aliphatic heterocycles. The maximum atomic E-state index is 14.2. The summed E-state index contributed by atoms with van der Waals surface area (Å²) < 4.78 is 8.79. The van der Waals surface area contributed by atoms with E-state index in [1.807, 2.05) is 72.8 Å². The third-order valence-corrected chi connectivity index (χ3v) is 9.96. The molecule has 2 heterocycles. The van der Waals surface area contributed by atoms with Gasteiger partial charge in [0.05, 0.1) is 10.8 Å². The summed E-state index contributed by atoms with van der Waals surface area (Å²) in [5, 5.41) is 3.41. The monoisotopic (exact) mass is 621 g/mol. The van der Waals surface area contributed by atoms with Gasteiger partial charge in [0.15, 0.2) is 0 Å². The van der Waals surface area contributed by atoms with E-state index in [2.05, 4.69) is 95.9 Å². The van der Waals surface area contributed by atoms with Gasteiger partial charge in [0.1, 0.15) is 11.2 Å². The molecule has 0 saturated heterocycles. The maximum Gasteiger partial charge on any atom is 0.200 e. The Hall–Kier alpha value is -5.97. The number of nitrogens with zero attached hydrogens (tertiary/aromatic N) is 1. The van der Waals surface area contributed by atoms with Crippen LogP contribution in [0.15, 0.2) is 173 Å². The Bertz CT molecular complexity index is 2590. The first-order chi connectivity index (χ1) is 23.2. The van der Waals surface area contributed by atoms with Gasteiger partial charge in [0.2, 0.25) is 5.43 Å². The first kappa shape index (κ1) is 27.3. The lowest BCUT2D eigenvalue weighted by atomic mass is 9.92. The molecule has 0 fully saturated rings. The summed E-state index contributed by atoms with van der Waals surface area (Å²) in [5.74, 6) is 0. The van der Waals surface area contributed by atoms with E-state index in [-0.39, 0.29) is 5.43 Å². The molecule has 0 bridgehead atoms. The standard InChI is InChI=1S/C43H27NO2S/c45-43-37-24-34(28-13-5-1-6-14-28)35(29-15-7-2-8-16-29)25-39(37)46-40-26-36-33-22-21-32(23-41(33)47-42(36)27-38(40)43)44(30-17-9-3-10-18-30)31-19-11-4-12-20-31/h1-27H. The van der Waals surface area contributed by atoms with Crippen LogP contribution in [-0.4, -0.2) is 0 Å². The quantitative estimate of drug-likeness (QED) is 0.179. The van der Waals surface area contributed by atoms with E-state index in [9.17, 15) is 4.79 Å². The van der Waals surface area contributed by atoms with Gasteiger partial charge in [-0.05, 0) is 82.9 Å². The van der Waals surface area contributed by atoms with Gasteiger partial charge >= 0.3 is 0 Å². The minimum Gasteiger partial charge on any atom is -0.456 e. The van der Waals surface area contributed by atoms with E-state index >= 15 is 0 Å². The summed E-state index contributed by atoms with van der Waals surface area (Å²) >= 11 is 1.71. The molecule has 9 rings (SSSR count). The summed E-state index contributed by atoms with van der Waals surface area (Å²) in [6.07, 6.45) is 0. The Labute approximate surface area is 275 Å². The Morgan fingerprint density at radius 3 is 1.55 bits per heavy atom. The molecule has 0 aliphatic carbocycles. The molecule has 3 nitrogen and oxygen atoms in total. The zero-order valence-electron chi connectivity index (χ0n) is 25.3. The van der Waals surface area contributed by atoms with Crippen LogP contribution >= 0.6 is 11.3 Å². The van der Waals surface area contributed by atoms with Crippen molar-refractivity contribution in [2.75, 3.05) is 4.90 Å². The second kappa shape index (κ2) is 11.1. The smallest absolute Gasteiger partial charge is 0.200 e. The van der Waals surface area contributed by atoms with Crippen LogP contribution in [-0.2, 0) is 0 Å². The molecule has 2 aromatic heterocycles. The third-order valence-electron chi connectivity index (χ3n) is 8.84. The van der Waals surface area contributed by atoms with Gasteiger partial charge in [0.25, 0.3) is 0 Å². The fourth-order valence-corrected chi connectivity index (χ4v) is 7.77. The Balaban J connectivity index is 1.24. The number of hydrogen-bond acceptors (Lipinski definition) is 4.